The number of aromatic nitrogens is 1. The van der Waals surface area contributed by atoms with Crippen LogP contribution in [0.15, 0.2) is 58.1 Å². The largest absolute Gasteiger partial charge is 0.444 e. The molecular formula is C21H21F3IN5O2. The summed E-state index contributed by atoms with van der Waals surface area (Å²) in [6.45, 7) is 2.28. The second-order valence-corrected chi connectivity index (χ2v) is 6.33. The molecule has 0 aliphatic heterocycles. The summed E-state index contributed by atoms with van der Waals surface area (Å²) in [4.78, 5) is 20.7. The molecule has 32 heavy (non-hydrogen) atoms. The third-order valence-electron chi connectivity index (χ3n) is 4.04. The average Bonchev–Trinajstić information content (AvgIpc) is 3.26. The van der Waals surface area contributed by atoms with Crippen LogP contribution in [0.25, 0.3) is 11.5 Å². The van der Waals surface area contributed by atoms with Crippen LogP contribution < -0.4 is 16.0 Å². The predicted molar refractivity (Wildman–Crippen MR) is 125 cm³/mol. The predicted octanol–water partition coefficient (Wildman–Crippen LogP) is 4.07. The highest BCUT2D eigenvalue weighted by atomic mass is 127. The van der Waals surface area contributed by atoms with Gasteiger partial charge in [0.1, 0.15) is 12.0 Å². The molecule has 0 atom stereocenters. The van der Waals surface area contributed by atoms with Crippen LogP contribution in [0.5, 0.6) is 0 Å². The van der Waals surface area contributed by atoms with Crippen LogP contribution in [0.3, 0.4) is 0 Å². The smallest absolute Gasteiger partial charge is 0.243 e. The highest BCUT2D eigenvalue weighted by molar-refractivity contribution is 14.0. The van der Waals surface area contributed by atoms with Gasteiger partial charge in [0.15, 0.2) is 23.4 Å². The Morgan fingerprint density at radius 3 is 2.53 bits per heavy atom. The van der Waals surface area contributed by atoms with Gasteiger partial charge >= 0.3 is 0 Å². The lowest BCUT2D eigenvalue weighted by Gasteiger charge is -2.11. The Kier molecular flexibility index (Phi) is 9.50. The lowest BCUT2D eigenvalue weighted by atomic mass is 10.2. The van der Waals surface area contributed by atoms with Crippen molar-refractivity contribution in [2.45, 2.75) is 13.5 Å². The fourth-order valence-corrected chi connectivity index (χ4v) is 2.58. The van der Waals surface area contributed by atoms with Crippen LogP contribution in [0.1, 0.15) is 12.6 Å². The maximum atomic E-state index is 13.7. The number of nitrogens with one attached hydrogen (secondary N) is 3. The molecule has 0 saturated carbocycles. The maximum absolute atomic E-state index is 13.7. The van der Waals surface area contributed by atoms with Crippen molar-refractivity contribution in [1.29, 1.82) is 0 Å². The van der Waals surface area contributed by atoms with Gasteiger partial charge in [0.05, 0.1) is 18.8 Å². The number of halogens is 4. The number of oxazole rings is 1. The zero-order chi connectivity index (χ0) is 22.2. The molecule has 2 aromatic carbocycles. The summed E-state index contributed by atoms with van der Waals surface area (Å²) in [7, 11) is 0. The summed E-state index contributed by atoms with van der Waals surface area (Å²) >= 11 is 0. The van der Waals surface area contributed by atoms with Crippen LogP contribution in [-0.2, 0) is 11.3 Å². The van der Waals surface area contributed by atoms with Crippen LogP contribution in [-0.4, -0.2) is 29.9 Å². The van der Waals surface area contributed by atoms with Crippen molar-refractivity contribution >= 4 is 41.5 Å². The fraction of sp³-hybridized carbons (Fsp3) is 0.190. The molecule has 0 bridgehead atoms. The minimum absolute atomic E-state index is 0. The van der Waals surface area contributed by atoms with Crippen molar-refractivity contribution in [3.8, 4) is 11.5 Å². The topological polar surface area (TPSA) is 91.6 Å². The fourth-order valence-electron chi connectivity index (χ4n) is 2.58. The first-order valence-corrected chi connectivity index (χ1v) is 9.43. The summed E-state index contributed by atoms with van der Waals surface area (Å²) < 4.78 is 45.4. The Balaban J connectivity index is 0.00000363. The summed E-state index contributed by atoms with van der Waals surface area (Å²) in [6.07, 6.45) is 1.49. The molecule has 3 rings (SSSR count). The number of rotatable bonds is 7. The van der Waals surface area contributed by atoms with Crippen LogP contribution in [0.2, 0.25) is 0 Å². The molecule has 0 fully saturated rings. The first-order chi connectivity index (χ1) is 15.0. The number of carbonyl (C=O) groups is 1. The van der Waals surface area contributed by atoms with Crippen LogP contribution in [0, 0.1) is 17.5 Å². The Morgan fingerprint density at radius 2 is 1.81 bits per heavy atom. The number of amides is 1. The summed E-state index contributed by atoms with van der Waals surface area (Å²) in [6, 6.07) is 11.1. The summed E-state index contributed by atoms with van der Waals surface area (Å²) in [5.74, 6) is -4.33. The van der Waals surface area contributed by atoms with E-state index in [4.69, 9.17) is 4.42 Å². The molecule has 11 heteroatoms. The minimum Gasteiger partial charge on any atom is -0.444 e. The number of nitrogens with zero attached hydrogens (tertiary/aromatic N) is 2. The van der Waals surface area contributed by atoms with Gasteiger partial charge < -0.3 is 20.4 Å². The third-order valence-corrected chi connectivity index (χ3v) is 4.04. The lowest BCUT2D eigenvalue weighted by molar-refractivity contribution is -0.115. The van der Waals surface area contributed by atoms with Crippen molar-refractivity contribution in [2.24, 2.45) is 4.99 Å². The number of aliphatic imine (C=N–C) groups is 1. The molecule has 7 nitrogen and oxygen atoms in total. The number of hydrogen-bond donors (Lipinski definition) is 3. The Labute approximate surface area is 199 Å². The molecule has 0 unspecified atom stereocenters. The number of hydrogen-bond acceptors (Lipinski definition) is 4. The SMILES string of the molecule is CCNC(=NCc1coc(-c2ccccc2)n1)NCC(=O)Nc1ccc(F)c(F)c1F.I. The van der Waals surface area contributed by atoms with Crippen LogP contribution in [0.4, 0.5) is 18.9 Å². The highest BCUT2D eigenvalue weighted by Crippen LogP contribution is 2.19. The number of guanidine groups is 1. The van der Waals surface area contributed by atoms with E-state index in [1.54, 1.807) is 0 Å². The zero-order valence-corrected chi connectivity index (χ0v) is 19.3. The molecule has 1 aromatic heterocycles. The Hall–Kier alpha value is -3.09. The molecule has 3 aromatic rings. The maximum Gasteiger partial charge on any atom is 0.243 e. The molecule has 0 radical (unpaired) electrons. The third kappa shape index (κ3) is 6.70. The molecule has 0 aliphatic rings. The quantitative estimate of drug-likeness (QED) is 0.176. The second kappa shape index (κ2) is 12.1. The van der Waals surface area contributed by atoms with Crippen molar-refractivity contribution in [3.63, 3.8) is 0 Å². The Morgan fingerprint density at radius 1 is 1.06 bits per heavy atom. The van der Waals surface area contributed by atoms with Crippen molar-refractivity contribution in [1.82, 2.24) is 15.6 Å². The van der Waals surface area contributed by atoms with Crippen molar-refractivity contribution < 1.29 is 22.4 Å². The standard InChI is InChI=1S/C21H20F3N5O2.HI/c1-2-25-21(26-10-14-12-31-20(28-14)13-6-4-3-5-7-13)27-11-17(30)29-16-9-8-15(22)18(23)19(16)24;/h3-9,12H,2,10-11H2,1H3,(H,29,30)(H2,25,26,27);1H. The monoisotopic (exact) mass is 559 g/mol. The lowest BCUT2D eigenvalue weighted by Crippen LogP contribution is -2.41. The molecule has 1 heterocycles. The first kappa shape index (κ1) is 25.2. The number of benzene rings is 2. The van der Waals surface area contributed by atoms with Gasteiger partial charge in [-0.15, -0.1) is 24.0 Å². The van der Waals surface area contributed by atoms with Gasteiger partial charge in [-0.05, 0) is 31.2 Å². The van der Waals surface area contributed by atoms with Gasteiger partial charge in [-0.2, -0.15) is 0 Å². The van der Waals surface area contributed by atoms with E-state index in [0.717, 1.165) is 17.7 Å². The number of carbonyl (C=O) groups excluding carboxylic acids is 1. The van der Waals surface area contributed by atoms with Crippen molar-refractivity contribution in [3.05, 3.63) is 71.9 Å². The molecular weight excluding hydrogens is 538 g/mol. The van der Waals surface area contributed by atoms with Gasteiger partial charge in [0.25, 0.3) is 0 Å². The molecule has 1 amide bonds. The minimum atomic E-state index is -1.65. The van der Waals surface area contributed by atoms with E-state index in [9.17, 15) is 18.0 Å². The Bertz CT molecular complexity index is 1080. The van der Waals surface area contributed by atoms with Gasteiger partial charge in [0.2, 0.25) is 11.8 Å². The van der Waals surface area contributed by atoms with E-state index in [1.165, 1.54) is 6.26 Å². The van der Waals surface area contributed by atoms with Crippen molar-refractivity contribution in [2.75, 3.05) is 18.4 Å². The van der Waals surface area contributed by atoms with Crippen LogP contribution >= 0.6 is 24.0 Å². The zero-order valence-electron chi connectivity index (χ0n) is 17.0. The molecule has 0 aliphatic carbocycles. The van der Waals surface area contributed by atoms with Gasteiger partial charge in [0, 0.05) is 12.1 Å². The van der Waals surface area contributed by atoms with E-state index in [1.807, 2.05) is 37.3 Å². The number of anilines is 1. The normalized spacial score (nSPS) is 10.9. The average molecular weight is 559 g/mol. The van der Waals surface area contributed by atoms with E-state index in [-0.39, 0.29) is 37.1 Å². The van der Waals surface area contributed by atoms with Gasteiger partial charge in [-0.3, -0.25) is 4.79 Å². The molecule has 170 valence electrons. The first-order valence-electron chi connectivity index (χ1n) is 9.43. The van der Waals surface area contributed by atoms with E-state index in [2.05, 4.69) is 25.9 Å². The molecule has 0 saturated heterocycles. The van der Waals surface area contributed by atoms with E-state index < -0.39 is 29.0 Å². The van der Waals surface area contributed by atoms with E-state index >= 15 is 0 Å². The summed E-state index contributed by atoms with van der Waals surface area (Å²) in [5.41, 5.74) is 0.969. The van der Waals surface area contributed by atoms with Gasteiger partial charge in [-0.1, -0.05) is 18.2 Å². The highest BCUT2D eigenvalue weighted by Gasteiger charge is 2.15. The van der Waals surface area contributed by atoms with Gasteiger partial charge in [-0.25, -0.2) is 23.1 Å². The molecule has 0 spiro atoms. The van der Waals surface area contributed by atoms with E-state index in [0.29, 0.717) is 24.1 Å². The molecule has 3 N–H and O–H groups in total. The second-order valence-electron chi connectivity index (χ2n) is 6.33. The summed E-state index contributed by atoms with van der Waals surface area (Å²) in [5, 5.41) is 7.91.